The van der Waals surface area contributed by atoms with E-state index < -0.39 is 0 Å². The summed E-state index contributed by atoms with van der Waals surface area (Å²) >= 11 is 0. The van der Waals surface area contributed by atoms with Crippen LogP contribution in [0.3, 0.4) is 0 Å². The number of ether oxygens (including phenoxy) is 1. The van der Waals surface area contributed by atoms with E-state index in [4.69, 9.17) is 14.9 Å². The van der Waals surface area contributed by atoms with E-state index in [9.17, 15) is 0 Å². The fourth-order valence-corrected chi connectivity index (χ4v) is 2.74. The molecule has 0 amide bonds. The minimum absolute atomic E-state index is 0.0590. The van der Waals surface area contributed by atoms with E-state index in [0.717, 1.165) is 24.4 Å². The Kier molecular flexibility index (Phi) is 3.17. The predicted octanol–water partition coefficient (Wildman–Crippen LogP) is 3.16. The highest BCUT2D eigenvalue weighted by molar-refractivity contribution is 5.36. The summed E-state index contributed by atoms with van der Waals surface area (Å²) < 4.78 is 10.9. The third kappa shape index (κ3) is 2.20. The highest BCUT2D eigenvalue weighted by atomic mass is 16.5. The van der Waals surface area contributed by atoms with E-state index >= 15 is 0 Å². The first kappa shape index (κ1) is 12.5. The molecule has 0 radical (unpaired) electrons. The molecule has 0 aliphatic heterocycles. The van der Waals surface area contributed by atoms with Gasteiger partial charge in [0.2, 0.25) is 0 Å². The molecule has 1 aliphatic carbocycles. The molecular weight excluding hydrogens is 238 g/mol. The van der Waals surface area contributed by atoms with E-state index in [2.05, 4.69) is 24.3 Å². The van der Waals surface area contributed by atoms with Gasteiger partial charge in [0.1, 0.15) is 18.1 Å². The van der Waals surface area contributed by atoms with Gasteiger partial charge >= 0.3 is 0 Å². The molecule has 1 saturated carbocycles. The molecule has 3 heteroatoms. The Bertz CT molecular complexity index is 543. The first-order chi connectivity index (χ1) is 9.26. The second kappa shape index (κ2) is 4.83. The van der Waals surface area contributed by atoms with Crippen LogP contribution in [0.15, 0.2) is 46.9 Å². The Morgan fingerprint density at radius 1 is 1.21 bits per heavy atom. The first-order valence-corrected chi connectivity index (χ1v) is 6.65. The molecule has 19 heavy (non-hydrogen) atoms. The normalized spacial score (nSPS) is 18.2. The summed E-state index contributed by atoms with van der Waals surface area (Å²) in [6.45, 7) is 0.491. The highest BCUT2D eigenvalue weighted by Crippen LogP contribution is 2.55. The summed E-state index contributed by atoms with van der Waals surface area (Å²) in [6, 6.07) is 14.3. The van der Waals surface area contributed by atoms with Crippen LogP contribution in [-0.2, 0) is 16.8 Å². The molecule has 1 aromatic carbocycles. The molecule has 0 bridgehead atoms. The second-order valence-electron chi connectivity index (χ2n) is 5.24. The fourth-order valence-electron chi connectivity index (χ4n) is 2.74. The SMILES string of the molecule is COCc1ccc(C(N)C2(c3ccccc3)CC2)o1. The van der Waals surface area contributed by atoms with Crippen molar-refractivity contribution in [3.8, 4) is 0 Å². The van der Waals surface area contributed by atoms with Gasteiger partial charge in [0.05, 0.1) is 6.04 Å². The summed E-state index contributed by atoms with van der Waals surface area (Å²) in [5.74, 6) is 1.69. The maximum Gasteiger partial charge on any atom is 0.129 e. The fraction of sp³-hybridized carbons (Fsp3) is 0.375. The van der Waals surface area contributed by atoms with Crippen LogP contribution in [0, 0.1) is 0 Å². The van der Waals surface area contributed by atoms with Gasteiger partial charge in [0.25, 0.3) is 0 Å². The van der Waals surface area contributed by atoms with Gasteiger partial charge in [-0.2, -0.15) is 0 Å². The quantitative estimate of drug-likeness (QED) is 0.895. The van der Waals surface area contributed by atoms with Crippen molar-refractivity contribution in [3.63, 3.8) is 0 Å². The molecule has 3 nitrogen and oxygen atoms in total. The van der Waals surface area contributed by atoms with Crippen LogP contribution < -0.4 is 5.73 Å². The summed E-state index contributed by atoms with van der Waals surface area (Å²) in [5, 5.41) is 0. The van der Waals surface area contributed by atoms with Gasteiger partial charge in [-0.1, -0.05) is 30.3 Å². The lowest BCUT2D eigenvalue weighted by atomic mass is 9.87. The zero-order valence-corrected chi connectivity index (χ0v) is 11.1. The maximum absolute atomic E-state index is 6.44. The lowest BCUT2D eigenvalue weighted by molar-refractivity contribution is 0.161. The molecular formula is C16H19NO2. The van der Waals surface area contributed by atoms with Crippen molar-refractivity contribution in [1.82, 2.24) is 0 Å². The molecule has 1 aliphatic rings. The van der Waals surface area contributed by atoms with Crippen LogP contribution >= 0.6 is 0 Å². The summed E-state index contributed by atoms with van der Waals surface area (Å²) in [7, 11) is 1.66. The third-order valence-corrected chi connectivity index (χ3v) is 4.01. The van der Waals surface area contributed by atoms with Gasteiger partial charge in [0, 0.05) is 12.5 Å². The summed E-state index contributed by atoms with van der Waals surface area (Å²) in [6.07, 6.45) is 2.25. The average Bonchev–Trinajstić information content (AvgIpc) is 3.14. The molecule has 0 saturated heterocycles. The molecule has 0 spiro atoms. The van der Waals surface area contributed by atoms with Gasteiger partial charge in [-0.25, -0.2) is 0 Å². The molecule has 1 heterocycles. The van der Waals surface area contributed by atoms with Gasteiger partial charge in [0.15, 0.2) is 0 Å². The summed E-state index contributed by atoms with van der Waals surface area (Å²) in [5.41, 5.74) is 7.81. The van der Waals surface area contributed by atoms with Gasteiger partial charge < -0.3 is 14.9 Å². The number of hydrogen-bond donors (Lipinski definition) is 1. The Hall–Kier alpha value is -1.58. The lowest BCUT2D eigenvalue weighted by Crippen LogP contribution is -2.25. The molecule has 1 fully saturated rings. The van der Waals surface area contributed by atoms with Gasteiger partial charge in [-0.05, 0) is 30.5 Å². The van der Waals surface area contributed by atoms with E-state index in [1.807, 2.05) is 18.2 Å². The van der Waals surface area contributed by atoms with Gasteiger partial charge in [-0.15, -0.1) is 0 Å². The molecule has 1 unspecified atom stereocenters. The number of furan rings is 1. The second-order valence-corrected chi connectivity index (χ2v) is 5.24. The van der Waals surface area contributed by atoms with Crippen molar-refractivity contribution in [2.24, 2.45) is 5.73 Å². The van der Waals surface area contributed by atoms with Crippen molar-refractivity contribution in [1.29, 1.82) is 0 Å². The molecule has 3 rings (SSSR count). The smallest absolute Gasteiger partial charge is 0.129 e. The van der Waals surface area contributed by atoms with Crippen molar-refractivity contribution >= 4 is 0 Å². The molecule has 2 N–H and O–H groups in total. The number of rotatable bonds is 5. The third-order valence-electron chi connectivity index (χ3n) is 4.01. The predicted molar refractivity (Wildman–Crippen MR) is 73.7 cm³/mol. The van der Waals surface area contributed by atoms with Crippen LogP contribution in [0.1, 0.15) is 36.0 Å². The van der Waals surface area contributed by atoms with Crippen molar-refractivity contribution in [2.75, 3.05) is 7.11 Å². The number of methoxy groups -OCH3 is 1. The lowest BCUT2D eigenvalue weighted by Gasteiger charge is -2.22. The Morgan fingerprint density at radius 3 is 2.58 bits per heavy atom. The van der Waals surface area contributed by atoms with Crippen LogP contribution in [0.2, 0.25) is 0 Å². The Labute approximate surface area is 113 Å². The van der Waals surface area contributed by atoms with E-state index in [0.29, 0.717) is 6.61 Å². The van der Waals surface area contributed by atoms with Crippen LogP contribution in [-0.4, -0.2) is 7.11 Å². The minimum Gasteiger partial charge on any atom is -0.462 e. The summed E-state index contributed by atoms with van der Waals surface area (Å²) in [4.78, 5) is 0. The first-order valence-electron chi connectivity index (χ1n) is 6.65. The standard InChI is InChI=1S/C16H19NO2/c1-18-11-13-7-8-14(19-13)15(17)16(9-10-16)12-5-3-2-4-6-12/h2-8,15H,9-11,17H2,1H3. The zero-order valence-electron chi connectivity index (χ0n) is 11.1. The van der Waals surface area contributed by atoms with E-state index in [1.165, 1.54) is 5.56 Å². The van der Waals surface area contributed by atoms with Crippen LogP contribution in [0.5, 0.6) is 0 Å². The maximum atomic E-state index is 6.44. The van der Waals surface area contributed by atoms with Crippen LogP contribution in [0.4, 0.5) is 0 Å². The molecule has 1 aromatic heterocycles. The van der Waals surface area contributed by atoms with E-state index in [-0.39, 0.29) is 11.5 Å². The van der Waals surface area contributed by atoms with E-state index in [1.54, 1.807) is 7.11 Å². The number of benzene rings is 1. The zero-order chi connectivity index (χ0) is 13.3. The minimum atomic E-state index is -0.0829. The van der Waals surface area contributed by atoms with Gasteiger partial charge in [-0.3, -0.25) is 0 Å². The monoisotopic (exact) mass is 257 g/mol. The average molecular weight is 257 g/mol. The topological polar surface area (TPSA) is 48.4 Å². The molecule has 1 atom stereocenters. The van der Waals surface area contributed by atoms with Crippen LogP contribution in [0.25, 0.3) is 0 Å². The van der Waals surface area contributed by atoms with Crippen molar-refractivity contribution < 1.29 is 9.15 Å². The van der Waals surface area contributed by atoms with Crippen molar-refractivity contribution in [3.05, 3.63) is 59.5 Å². The Morgan fingerprint density at radius 2 is 1.95 bits per heavy atom. The Balaban J connectivity index is 1.85. The molecule has 2 aromatic rings. The van der Waals surface area contributed by atoms with Crippen molar-refractivity contribution in [2.45, 2.75) is 30.9 Å². The number of nitrogens with two attached hydrogens (primary N) is 1. The highest BCUT2D eigenvalue weighted by Gasteiger charge is 2.50. The number of hydrogen-bond acceptors (Lipinski definition) is 3. The largest absolute Gasteiger partial charge is 0.462 e. The molecule has 100 valence electrons.